The van der Waals surface area contributed by atoms with Crippen LogP contribution < -0.4 is 10.6 Å². The van der Waals surface area contributed by atoms with Gasteiger partial charge in [0.05, 0.1) is 12.5 Å². The quantitative estimate of drug-likeness (QED) is 0.845. The molecule has 0 spiro atoms. The summed E-state index contributed by atoms with van der Waals surface area (Å²) in [5, 5.41) is 5.90. The maximum atomic E-state index is 11.4. The van der Waals surface area contributed by atoms with E-state index in [1.165, 1.54) is 0 Å². The fourth-order valence-corrected chi connectivity index (χ4v) is 1.66. The summed E-state index contributed by atoms with van der Waals surface area (Å²) in [4.78, 5) is 11.4. The SMILES string of the molecule is CNC(=O)c1ccc(CNCc2ccoc2)cc1. The van der Waals surface area contributed by atoms with Crippen molar-refractivity contribution in [3.8, 4) is 0 Å². The third kappa shape index (κ3) is 3.21. The lowest BCUT2D eigenvalue weighted by Crippen LogP contribution is -2.18. The molecule has 1 aromatic heterocycles. The number of hydrogen-bond donors (Lipinski definition) is 2. The predicted octanol–water partition coefficient (Wildman–Crippen LogP) is 1.93. The van der Waals surface area contributed by atoms with Crippen LogP contribution in [-0.4, -0.2) is 13.0 Å². The number of amides is 1. The van der Waals surface area contributed by atoms with E-state index < -0.39 is 0 Å². The Morgan fingerprint density at radius 1 is 1.11 bits per heavy atom. The van der Waals surface area contributed by atoms with Gasteiger partial charge >= 0.3 is 0 Å². The number of nitrogens with one attached hydrogen (secondary N) is 2. The van der Waals surface area contributed by atoms with E-state index in [2.05, 4.69) is 10.6 Å². The molecule has 1 amide bonds. The van der Waals surface area contributed by atoms with Gasteiger partial charge in [-0.1, -0.05) is 12.1 Å². The molecule has 0 radical (unpaired) electrons. The highest BCUT2D eigenvalue weighted by molar-refractivity contribution is 5.93. The van der Waals surface area contributed by atoms with Gasteiger partial charge in [-0.25, -0.2) is 0 Å². The van der Waals surface area contributed by atoms with E-state index in [4.69, 9.17) is 4.42 Å². The largest absolute Gasteiger partial charge is 0.472 e. The van der Waals surface area contributed by atoms with Crippen LogP contribution in [0, 0.1) is 0 Å². The molecule has 0 aliphatic rings. The fraction of sp³-hybridized carbons (Fsp3) is 0.214. The number of carbonyl (C=O) groups is 1. The fourth-order valence-electron chi connectivity index (χ4n) is 1.66. The summed E-state index contributed by atoms with van der Waals surface area (Å²) in [5.74, 6) is -0.0621. The Bertz CT molecular complexity index is 489. The van der Waals surface area contributed by atoms with Gasteiger partial charge in [-0.3, -0.25) is 4.79 Å². The lowest BCUT2D eigenvalue weighted by molar-refractivity contribution is 0.0963. The molecule has 0 saturated carbocycles. The second kappa shape index (κ2) is 6.02. The molecule has 0 bridgehead atoms. The van der Waals surface area contributed by atoms with Crippen molar-refractivity contribution in [2.24, 2.45) is 0 Å². The van der Waals surface area contributed by atoms with Gasteiger partial charge in [0.25, 0.3) is 5.91 Å². The molecule has 1 aromatic carbocycles. The summed E-state index contributed by atoms with van der Waals surface area (Å²) in [6.45, 7) is 1.53. The van der Waals surface area contributed by atoms with Gasteiger partial charge in [0.15, 0.2) is 0 Å². The van der Waals surface area contributed by atoms with E-state index in [-0.39, 0.29) is 5.91 Å². The van der Waals surface area contributed by atoms with Crippen LogP contribution in [0.5, 0.6) is 0 Å². The average molecular weight is 244 g/mol. The Hall–Kier alpha value is -2.07. The van der Waals surface area contributed by atoms with Crippen molar-refractivity contribution < 1.29 is 9.21 Å². The first kappa shape index (κ1) is 12.4. The third-order valence-electron chi connectivity index (χ3n) is 2.68. The second-order valence-corrected chi connectivity index (χ2v) is 4.01. The standard InChI is InChI=1S/C14H16N2O2/c1-15-14(17)13-4-2-11(3-5-13)8-16-9-12-6-7-18-10-12/h2-7,10,16H,8-9H2,1H3,(H,15,17). The van der Waals surface area contributed by atoms with Crippen molar-refractivity contribution in [3.05, 3.63) is 59.5 Å². The smallest absolute Gasteiger partial charge is 0.251 e. The first-order chi connectivity index (χ1) is 8.79. The molecular weight excluding hydrogens is 228 g/mol. The van der Waals surface area contributed by atoms with Crippen LogP contribution in [0.25, 0.3) is 0 Å². The third-order valence-corrected chi connectivity index (χ3v) is 2.68. The maximum Gasteiger partial charge on any atom is 0.251 e. The molecule has 2 N–H and O–H groups in total. The van der Waals surface area contributed by atoms with Gasteiger partial charge in [-0.2, -0.15) is 0 Å². The van der Waals surface area contributed by atoms with Crippen LogP contribution in [0.15, 0.2) is 47.3 Å². The number of furan rings is 1. The minimum absolute atomic E-state index is 0.0621. The van der Waals surface area contributed by atoms with E-state index >= 15 is 0 Å². The van der Waals surface area contributed by atoms with Crippen molar-refractivity contribution in [3.63, 3.8) is 0 Å². The minimum Gasteiger partial charge on any atom is -0.472 e. The zero-order valence-corrected chi connectivity index (χ0v) is 10.3. The highest BCUT2D eigenvalue weighted by Crippen LogP contribution is 2.05. The molecule has 0 aliphatic carbocycles. The Morgan fingerprint density at radius 3 is 2.44 bits per heavy atom. The molecule has 0 saturated heterocycles. The van der Waals surface area contributed by atoms with Crippen molar-refractivity contribution in [2.75, 3.05) is 7.05 Å². The molecule has 94 valence electrons. The topological polar surface area (TPSA) is 54.3 Å². The highest BCUT2D eigenvalue weighted by Gasteiger charge is 2.02. The molecule has 0 fully saturated rings. The van der Waals surface area contributed by atoms with Crippen LogP contribution in [0.2, 0.25) is 0 Å². The van der Waals surface area contributed by atoms with E-state index in [1.54, 1.807) is 19.6 Å². The molecule has 18 heavy (non-hydrogen) atoms. The van der Waals surface area contributed by atoms with Crippen molar-refractivity contribution in [1.29, 1.82) is 0 Å². The summed E-state index contributed by atoms with van der Waals surface area (Å²) in [6, 6.07) is 9.49. The number of hydrogen-bond acceptors (Lipinski definition) is 3. The van der Waals surface area contributed by atoms with Gasteiger partial charge < -0.3 is 15.1 Å². The normalized spacial score (nSPS) is 10.3. The highest BCUT2D eigenvalue weighted by atomic mass is 16.3. The summed E-state index contributed by atoms with van der Waals surface area (Å²) < 4.78 is 4.99. The molecule has 4 heteroatoms. The van der Waals surface area contributed by atoms with Crippen LogP contribution in [0.3, 0.4) is 0 Å². The molecule has 1 heterocycles. The number of carbonyl (C=O) groups excluding carboxylic acids is 1. The summed E-state index contributed by atoms with van der Waals surface area (Å²) in [6.07, 6.45) is 3.39. The molecule has 0 aliphatic heterocycles. The van der Waals surface area contributed by atoms with Gasteiger partial charge in [0, 0.05) is 31.3 Å². The van der Waals surface area contributed by atoms with Gasteiger partial charge in [0.1, 0.15) is 0 Å². The van der Waals surface area contributed by atoms with Crippen molar-refractivity contribution in [2.45, 2.75) is 13.1 Å². The summed E-state index contributed by atoms with van der Waals surface area (Å²) in [7, 11) is 1.63. The molecule has 2 aromatic rings. The lowest BCUT2D eigenvalue weighted by Gasteiger charge is -2.04. The molecule has 0 unspecified atom stereocenters. The first-order valence-electron chi connectivity index (χ1n) is 5.82. The molecule has 2 rings (SSSR count). The van der Waals surface area contributed by atoms with Gasteiger partial charge in [-0.15, -0.1) is 0 Å². The van der Waals surface area contributed by atoms with E-state index in [1.807, 2.05) is 30.3 Å². The monoisotopic (exact) mass is 244 g/mol. The Morgan fingerprint density at radius 2 is 1.83 bits per heavy atom. The summed E-state index contributed by atoms with van der Waals surface area (Å²) >= 11 is 0. The molecule has 0 atom stereocenters. The lowest BCUT2D eigenvalue weighted by atomic mass is 10.1. The Kier molecular flexibility index (Phi) is 4.15. The molecule has 4 nitrogen and oxygen atoms in total. The summed E-state index contributed by atoms with van der Waals surface area (Å²) in [5.41, 5.74) is 2.94. The van der Waals surface area contributed by atoms with Crippen LogP contribution in [-0.2, 0) is 13.1 Å². The van der Waals surface area contributed by atoms with E-state index in [0.717, 1.165) is 24.2 Å². The zero-order valence-electron chi connectivity index (χ0n) is 10.3. The van der Waals surface area contributed by atoms with Gasteiger partial charge in [-0.05, 0) is 23.8 Å². The molecular formula is C14H16N2O2. The van der Waals surface area contributed by atoms with E-state index in [0.29, 0.717) is 5.56 Å². The Labute approximate surface area is 106 Å². The van der Waals surface area contributed by atoms with Gasteiger partial charge in [0.2, 0.25) is 0 Å². The predicted molar refractivity (Wildman–Crippen MR) is 69.1 cm³/mol. The van der Waals surface area contributed by atoms with Crippen LogP contribution in [0.1, 0.15) is 21.5 Å². The van der Waals surface area contributed by atoms with E-state index in [9.17, 15) is 4.79 Å². The second-order valence-electron chi connectivity index (χ2n) is 4.01. The first-order valence-corrected chi connectivity index (χ1v) is 5.82. The number of rotatable bonds is 5. The van der Waals surface area contributed by atoms with Crippen LogP contribution >= 0.6 is 0 Å². The Balaban J connectivity index is 1.85. The maximum absolute atomic E-state index is 11.4. The van der Waals surface area contributed by atoms with Crippen LogP contribution in [0.4, 0.5) is 0 Å². The zero-order chi connectivity index (χ0) is 12.8. The van der Waals surface area contributed by atoms with Crippen molar-refractivity contribution >= 4 is 5.91 Å². The minimum atomic E-state index is -0.0621. The van der Waals surface area contributed by atoms with Crippen molar-refractivity contribution in [1.82, 2.24) is 10.6 Å². The number of benzene rings is 1. The average Bonchev–Trinajstić information content (AvgIpc) is 2.92.